The maximum absolute atomic E-state index is 5.48. The van der Waals surface area contributed by atoms with Crippen LogP contribution in [0.15, 0.2) is 54.6 Å². The number of hydrogen-bond donors (Lipinski definition) is 0. The standard InChI is InChI=1S/C21H25NO/c1-21(2,3)15-8-5-9-16-22(23-4)17-19-13-10-12-18-11-6-7-14-20(18)19/h5-7,9-14H,16-17H2,1-4H3/b9-5+. The molecule has 0 radical (unpaired) electrons. The quantitative estimate of drug-likeness (QED) is 0.580. The van der Waals surface area contributed by atoms with Gasteiger partial charge in [0.05, 0.1) is 13.7 Å². The lowest BCUT2D eigenvalue weighted by atomic mass is 9.98. The van der Waals surface area contributed by atoms with Gasteiger partial charge in [-0.15, -0.1) is 0 Å². The molecular formula is C21H25NO. The minimum Gasteiger partial charge on any atom is -0.302 e. The van der Waals surface area contributed by atoms with Crippen LogP contribution < -0.4 is 0 Å². The van der Waals surface area contributed by atoms with Crippen molar-refractivity contribution in [3.8, 4) is 11.8 Å². The lowest BCUT2D eigenvalue weighted by Crippen LogP contribution is -2.22. The average Bonchev–Trinajstić information content (AvgIpc) is 2.52. The highest BCUT2D eigenvalue weighted by Gasteiger charge is 2.06. The summed E-state index contributed by atoms with van der Waals surface area (Å²) in [5.41, 5.74) is 1.30. The van der Waals surface area contributed by atoms with Crippen LogP contribution in [0.2, 0.25) is 0 Å². The van der Waals surface area contributed by atoms with Crippen molar-refractivity contribution in [3.63, 3.8) is 0 Å². The van der Waals surface area contributed by atoms with Gasteiger partial charge in [0.1, 0.15) is 0 Å². The molecule has 120 valence electrons. The van der Waals surface area contributed by atoms with E-state index in [-0.39, 0.29) is 5.41 Å². The number of allylic oxidation sites excluding steroid dienone is 1. The minimum absolute atomic E-state index is 0.0359. The van der Waals surface area contributed by atoms with E-state index in [1.54, 1.807) is 7.11 Å². The zero-order chi connectivity index (χ0) is 16.7. The first-order valence-electron chi connectivity index (χ1n) is 7.93. The van der Waals surface area contributed by atoms with Crippen molar-refractivity contribution < 1.29 is 4.84 Å². The highest BCUT2D eigenvalue weighted by molar-refractivity contribution is 5.85. The van der Waals surface area contributed by atoms with E-state index in [2.05, 4.69) is 75.1 Å². The molecule has 0 aliphatic carbocycles. The molecule has 2 heteroatoms. The Labute approximate surface area is 139 Å². The van der Waals surface area contributed by atoms with Crippen LogP contribution in [0.4, 0.5) is 0 Å². The monoisotopic (exact) mass is 307 g/mol. The number of hydrogen-bond acceptors (Lipinski definition) is 2. The molecule has 0 saturated carbocycles. The number of nitrogens with zero attached hydrogens (tertiary/aromatic N) is 1. The molecule has 0 N–H and O–H groups in total. The molecule has 0 spiro atoms. The highest BCUT2D eigenvalue weighted by atomic mass is 16.7. The van der Waals surface area contributed by atoms with Crippen molar-refractivity contribution in [3.05, 3.63) is 60.2 Å². The van der Waals surface area contributed by atoms with Gasteiger partial charge in [0.25, 0.3) is 0 Å². The molecular weight excluding hydrogens is 282 g/mol. The second-order valence-electron chi connectivity index (χ2n) is 6.57. The van der Waals surface area contributed by atoms with E-state index < -0.39 is 0 Å². The number of rotatable bonds is 5. The van der Waals surface area contributed by atoms with Crippen LogP contribution in [0, 0.1) is 17.3 Å². The summed E-state index contributed by atoms with van der Waals surface area (Å²) in [4.78, 5) is 5.48. The van der Waals surface area contributed by atoms with Gasteiger partial charge < -0.3 is 4.84 Å². The van der Waals surface area contributed by atoms with Crippen LogP contribution >= 0.6 is 0 Å². The first kappa shape index (κ1) is 17.3. The third kappa shape index (κ3) is 5.56. The van der Waals surface area contributed by atoms with Gasteiger partial charge in [0, 0.05) is 12.0 Å². The van der Waals surface area contributed by atoms with Gasteiger partial charge >= 0.3 is 0 Å². The van der Waals surface area contributed by atoms with Gasteiger partial charge in [-0.1, -0.05) is 60.4 Å². The average molecular weight is 307 g/mol. The summed E-state index contributed by atoms with van der Waals surface area (Å²) < 4.78 is 0. The van der Waals surface area contributed by atoms with Crippen molar-refractivity contribution in [2.45, 2.75) is 27.3 Å². The first-order valence-corrected chi connectivity index (χ1v) is 7.93. The fourth-order valence-electron chi connectivity index (χ4n) is 2.31. The second-order valence-corrected chi connectivity index (χ2v) is 6.57. The Morgan fingerprint density at radius 1 is 1.09 bits per heavy atom. The third-order valence-electron chi connectivity index (χ3n) is 3.44. The van der Waals surface area contributed by atoms with E-state index >= 15 is 0 Å². The minimum atomic E-state index is 0.0359. The lowest BCUT2D eigenvalue weighted by Gasteiger charge is -2.18. The van der Waals surface area contributed by atoms with Crippen molar-refractivity contribution >= 4 is 10.8 Å². The molecule has 23 heavy (non-hydrogen) atoms. The van der Waals surface area contributed by atoms with Gasteiger partial charge in [-0.05, 0) is 43.2 Å². The van der Waals surface area contributed by atoms with Gasteiger partial charge in [-0.2, -0.15) is 5.06 Å². The van der Waals surface area contributed by atoms with Gasteiger partial charge in [-0.3, -0.25) is 0 Å². The summed E-state index contributed by atoms with van der Waals surface area (Å²) in [6.07, 6.45) is 3.94. The number of hydroxylamine groups is 2. The van der Waals surface area contributed by atoms with Gasteiger partial charge in [-0.25, -0.2) is 0 Å². The Balaban J connectivity index is 2.04. The van der Waals surface area contributed by atoms with E-state index in [0.29, 0.717) is 6.54 Å². The molecule has 0 saturated heterocycles. The maximum Gasteiger partial charge on any atom is 0.0575 e. The molecule has 0 fully saturated rings. The smallest absolute Gasteiger partial charge is 0.0575 e. The summed E-state index contributed by atoms with van der Waals surface area (Å²) in [7, 11) is 1.71. The van der Waals surface area contributed by atoms with Crippen LogP contribution in [0.25, 0.3) is 10.8 Å². The molecule has 0 aliphatic rings. The lowest BCUT2D eigenvalue weighted by molar-refractivity contribution is -0.129. The summed E-state index contributed by atoms with van der Waals surface area (Å²) in [5, 5.41) is 4.46. The Morgan fingerprint density at radius 2 is 1.83 bits per heavy atom. The van der Waals surface area contributed by atoms with Crippen LogP contribution in [0.1, 0.15) is 26.3 Å². The largest absolute Gasteiger partial charge is 0.302 e. The number of benzene rings is 2. The van der Waals surface area contributed by atoms with Crippen LogP contribution in [-0.2, 0) is 11.4 Å². The predicted octanol–water partition coefficient (Wildman–Crippen LogP) is 4.81. The Morgan fingerprint density at radius 3 is 2.57 bits per heavy atom. The van der Waals surface area contributed by atoms with E-state index in [4.69, 9.17) is 4.84 Å². The summed E-state index contributed by atoms with van der Waals surface area (Å²) in [5.74, 6) is 6.28. The van der Waals surface area contributed by atoms with Crippen molar-refractivity contribution in [1.82, 2.24) is 5.06 Å². The third-order valence-corrected chi connectivity index (χ3v) is 3.44. The van der Waals surface area contributed by atoms with Crippen LogP contribution in [0.5, 0.6) is 0 Å². The van der Waals surface area contributed by atoms with Crippen LogP contribution in [0.3, 0.4) is 0 Å². The normalized spacial score (nSPS) is 11.9. The molecule has 0 atom stereocenters. The fourth-order valence-corrected chi connectivity index (χ4v) is 2.31. The van der Waals surface area contributed by atoms with Crippen molar-refractivity contribution in [1.29, 1.82) is 0 Å². The topological polar surface area (TPSA) is 12.5 Å². The summed E-state index contributed by atoms with van der Waals surface area (Å²) in [6, 6.07) is 14.8. The molecule has 0 bridgehead atoms. The molecule has 2 aromatic rings. The molecule has 0 unspecified atom stereocenters. The molecule has 0 amide bonds. The zero-order valence-corrected chi connectivity index (χ0v) is 14.5. The van der Waals surface area contributed by atoms with Crippen LogP contribution in [-0.4, -0.2) is 18.7 Å². The van der Waals surface area contributed by atoms with Gasteiger partial charge in [0.2, 0.25) is 0 Å². The zero-order valence-electron chi connectivity index (χ0n) is 14.5. The Bertz CT molecular complexity index is 723. The van der Waals surface area contributed by atoms with E-state index in [1.807, 2.05) is 17.2 Å². The molecule has 2 aromatic carbocycles. The predicted molar refractivity (Wildman–Crippen MR) is 97.7 cm³/mol. The maximum atomic E-state index is 5.48. The SMILES string of the molecule is CON(C/C=C/C#CC(C)(C)C)Cc1cccc2ccccc12. The molecule has 2 nitrogen and oxygen atoms in total. The van der Waals surface area contributed by atoms with E-state index in [0.717, 1.165) is 6.54 Å². The second kappa shape index (κ2) is 7.97. The Kier molecular flexibility index (Phi) is 5.98. The Hall–Kier alpha value is -2.08. The van der Waals surface area contributed by atoms with Crippen molar-refractivity contribution in [2.24, 2.45) is 5.41 Å². The molecule has 2 rings (SSSR count). The summed E-state index contributed by atoms with van der Waals surface area (Å²) >= 11 is 0. The summed E-state index contributed by atoms with van der Waals surface area (Å²) in [6.45, 7) is 7.77. The van der Waals surface area contributed by atoms with Crippen molar-refractivity contribution in [2.75, 3.05) is 13.7 Å². The molecule has 0 aromatic heterocycles. The van der Waals surface area contributed by atoms with E-state index in [1.165, 1.54) is 16.3 Å². The fraction of sp³-hybridized carbons (Fsp3) is 0.333. The molecule has 0 aliphatic heterocycles. The first-order chi connectivity index (χ1) is 11.0. The van der Waals surface area contributed by atoms with Gasteiger partial charge in [0.15, 0.2) is 0 Å². The highest BCUT2D eigenvalue weighted by Crippen LogP contribution is 2.20. The number of fused-ring (bicyclic) bond motifs is 1. The van der Waals surface area contributed by atoms with E-state index in [9.17, 15) is 0 Å². The molecule has 0 heterocycles.